The Balaban J connectivity index is 1.43. The Morgan fingerprint density at radius 3 is 2.78 bits per heavy atom. The van der Waals surface area contributed by atoms with Crippen LogP contribution in [0, 0.1) is 19.3 Å². The summed E-state index contributed by atoms with van der Waals surface area (Å²) in [5, 5.41) is 9.03. The van der Waals surface area contributed by atoms with Gasteiger partial charge in [0.15, 0.2) is 11.4 Å². The van der Waals surface area contributed by atoms with E-state index in [2.05, 4.69) is 20.9 Å². The number of hydrogen-bond donors (Lipinski definition) is 1. The number of benzene rings is 2. The molecule has 0 bridgehead atoms. The summed E-state index contributed by atoms with van der Waals surface area (Å²) in [6.45, 7) is 5.08. The van der Waals surface area contributed by atoms with Crippen molar-refractivity contribution in [3.05, 3.63) is 64.5 Å². The van der Waals surface area contributed by atoms with Gasteiger partial charge in [-0.2, -0.15) is 5.10 Å². The van der Waals surface area contributed by atoms with Gasteiger partial charge < -0.3 is 14.2 Å². The zero-order chi connectivity index (χ0) is 26.3. The van der Waals surface area contributed by atoms with Crippen LogP contribution < -0.4 is 9.46 Å². The number of aryl methyl sites for hydroxylation is 2. The summed E-state index contributed by atoms with van der Waals surface area (Å²) in [7, 11) is -2.57. The average molecular weight is 520 g/mol. The number of hydrogen-bond acceptors (Lipinski definition) is 7. The van der Waals surface area contributed by atoms with Gasteiger partial charge in [0, 0.05) is 5.56 Å². The van der Waals surface area contributed by atoms with E-state index in [0.717, 1.165) is 27.9 Å². The second-order valence-corrected chi connectivity index (χ2v) is 10.5. The molecule has 3 heterocycles. The van der Waals surface area contributed by atoms with Crippen molar-refractivity contribution in [3.63, 3.8) is 0 Å². The third-order valence-corrected chi connectivity index (χ3v) is 7.83. The first-order valence-electron chi connectivity index (χ1n) is 11.6. The molecule has 11 heteroatoms. The molecule has 37 heavy (non-hydrogen) atoms. The fourth-order valence-corrected chi connectivity index (χ4v) is 5.81. The number of carbonyl (C=O) groups is 1. The lowest BCUT2D eigenvalue weighted by atomic mass is 10.1. The van der Waals surface area contributed by atoms with E-state index >= 15 is 0 Å². The van der Waals surface area contributed by atoms with E-state index in [1.165, 1.54) is 7.11 Å². The Hall–Kier alpha value is -4.30. The number of nitrogens with zero attached hydrogens (tertiary/aromatic N) is 4. The zero-order valence-electron chi connectivity index (χ0n) is 20.6. The molecule has 1 amide bonds. The van der Waals surface area contributed by atoms with E-state index in [0.29, 0.717) is 37.0 Å². The van der Waals surface area contributed by atoms with Crippen molar-refractivity contribution >= 4 is 32.7 Å². The number of methoxy groups -OCH3 is 1. The maximum Gasteiger partial charge on any atom is 0.298 e. The molecule has 10 nitrogen and oxygen atoms in total. The number of nitrogens with one attached hydrogen (secondary N) is 1. The van der Waals surface area contributed by atoms with E-state index in [1.807, 2.05) is 30.7 Å². The van der Waals surface area contributed by atoms with Gasteiger partial charge in [0.05, 0.1) is 44.0 Å². The summed E-state index contributed by atoms with van der Waals surface area (Å²) in [6.07, 6.45) is 7.68. The van der Waals surface area contributed by atoms with Gasteiger partial charge >= 0.3 is 0 Å². The summed E-state index contributed by atoms with van der Waals surface area (Å²) in [5.41, 5.74) is 4.86. The average Bonchev–Trinajstić information content (AvgIpc) is 3.59. The largest absolute Gasteiger partial charge is 0.495 e. The minimum atomic E-state index is -4.00. The highest BCUT2D eigenvalue weighted by molar-refractivity contribution is 7.92. The van der Waals surface area contributed by atoms with E-state index in [4.69, 9.17) is 15.7 Å². The smallest absolute Gasteiger partial charge is 0.298 e. The summed E-state index contributed by atoms with van der Waals surface area (Å²) >= 11 is 0. The molecule has 0 saturated carbocycles. The van der Waals surface area contributed by atoms with Crippen LogP contribution in [0.5, 0.6) is 5.75 Å². The molecule has 190 valence electrons. The van der Waals surface area contributed by atoms with Crippen LogP contribution in [0.15, 0.2) is 45.9 Å². The number of aromatic nitrogens is 3. The topological polar surface area (TPSA) is 120 Å². The normalized spacial score (nSPS) is 13.0. The van der Waals surface area contributed by atoms with Crippen molar-refractivity contribution in [2.75, 3.05) is 11.8 Å². The van der Waals surface area contributed by atoms with Crippen LogP contribution in [-0.2, 0) is 40.9 Å². The number of terminal acetylenes is 1. The van der Waals surface area contributed by atoms with Crippen LogP contribution in [0.2, 0.25) is 0 Å². The van der Waals surface area contributed by atoms with E-state index < -0.39 is 10.0 Å². The Morgan fingerprint density at radius 2 is 2.05 bits per heavy atom. The zero-order valence-corrected chi connectivity index (χ0v) is 21.4. The number of amides is 1. The molecule has 0 saturated heterocycles. The monoisotopic (exact) mass is 519 g/mol. The summed E-state index contributed by atoms with van der Waals surface area (Å²) in [4.78, 5) is 13.5. The Morgan fingerprint density at radius 1 is 1.24 bits per heavy atom. The number of rotatable bonds is 7. The fraction of sp³-hybridized carbons (Fsp3) is 0.269. The molecule has 0 fully saturated rings. The van der Waals surface area contributed by atoms with Crippen molar-refractivity contribution in [1.29, 1.82) is 0 Å². The van der Waals surface area contributed by atoms with Crippen molar-refractivity contribution in [1.82, 2.24) is 19.8 Å². The van der Waals surface area contributed by atoms with Gasteiger partial charge in [-0.25, -0.2) is 8.42 Å². The predicted octanol–water partition coefficient (Wildman–Crippen LogP) is 3.23. The molecule has 1 aliphatic rings. The highest BCUT2D eigenvalue weighted by Gasteiger charge is 2.27. The lowest BCUT2D eigenvalue weighted by Crippen LogP contribution is -2.24. The van der Waals surface area contributed by atoms with Crippen LogP contribution in [0.4, 0.5) is 5.82 Å². The number of ether oxygens (including phenoxy) is 1. The lowest BCUT2D eigenvalue weighted by Gasteiger charge is -2.13. The molecule has 0 atom stereocenters. The van der Waals surface area contributed by atoms with Gasteiger partial charge in [-0.15, -0.1) is 6.42 Å². The van der Waals surface area contributed by atoms with Crippen LogP contribution in [-0.4, -0.2) is 41.3 Å². The fourth-order valence-electron chi connectivity index (χ4n) is 4.59. The van der Waals surface area contributed by atoms with Crippen molar-refractivity contribution in [2.24, 2.45) is 0 Å². The minimum Gasteiger partial charge on any atom is -0.495 e. The number of fused-ring (bicyclic) bond motifs is 2. The van der Waals surface area contributed by atoms with Crippen molar-refractivity contribution in [2.45, 2.75) is 44.8 Å². The van der Waals surface area contributed by atoms with E-state index in [1.54, 1.807) is 29.3 Å². The van der Waals surface area contributed by atoms with Gasteiger partial charge in [-0.05, 0) is 54.2 Å². The van der Waals surface area contributed by atoms with Crippen molar-refractivity contribution < 1.29 is 22.5 Å². The first kappa shape index (κ1) is 24.4. The third-order valence-electron chi connectivity index (χ3n) is 6.47. The standard InChI is InChI=1S/C26H25N5O5S/c1-5-17-7-8-21(35-4)23(11-17)37(33,34)29-26-25-16(3)9-18(10-22(25)36-28-26)13-31-20-15-30(24(32)6-2)14-19(20)12-27-31/h2,7-12H,5,13-15H2,1,3-4H3,(H,28,29). The van der Waals surface area contributed by atoms with Crippen LogP contribution in [0.3, 0.4) is 0 Å². The van der Waals surface area contributed by atoms with Gasteiger partial charge in [0.1, 0.15) is 10.6 Å². The summed E-state index contributed by atoms with van der Waals surface area (Å²) < 4.78 is 41.7. The lowest BCUT2D eigenvalue weighted by molar-refractivity contribution is -0.125. The van der Waals surface area contributed by atoms with E-state index in [-0.39, 0.29) is 22.4 Å². The van der Waals surface area contributed by atoms with Gasteiger partial charge in [0.25, 0.3) is 15.9 Å². The van der Waals surface area contributed by atoms with Gasteiger partial charge in [-0.3, -0.25) is 14.2 Å². The third kappa shape index (κ3) is 4.40. The highest BCUT2D eigenvalue weighted by atomic mass is 32.2. The SMILES string of the molecule is C#CC(=O)N1Cc2cnn(Cc3cc(C)c4c(NS(=O)(=O)c5cc(CC)ccc5OC)noc4c3)c2C1. The van der Waals surface area contributed by atoms with Crippen LogP contribution in [0.25, 0.3) is 11.0 Å². The molecular formula is C26H25N5O5S. The quantitative estimate of drug-likeness (QED) is 0.372. The maximum absolute atomic E-state index is 13.3. The molecule has 0 aliphatic carbocycles. The molecule has 1 N–H and O–H groups in total. The molecule has 5 rings (SSSR count). The number of sulfonamides is 1. The first-order valence-corrected chi connectivity index (χ1v) is 13.1. The van der Waals surface area contributed by atoms with Crippen LogP contribution in [0.1, 0.15) is 34.9 Å². The second kappa shape index (κ2) is 9.29. The first-order chi connectivity index (χ1) is 17.7. The second-order valence-electron chi connectivity index (χ2n) is 8.84. The molecule has 1 aliphatic heterocycles. The summed E-state index contributed by atoms with van der Waals surface area (Å²) in [5.74, 6) is 2.14. The number of anilines is 1. The molecule has 4 aromatic rings. The van der Waals surface area contributed by atoms with Gasteiger partial charge in [0.2, 0.25) is 0 Å². The minimum absolute atomic E-state index is 0.0321. The molecular weight excluding hydrogens is 494 g/mol. The summed E-state index contributed by atoms with van der Waals surface area (Å²) in [6, 6.07) is 8.80. The predicted molar refractivity (Wildman–Crippen MR) is 136 cm³/mol. The van der Waals surface area contributed by atoms with Gasteiger partial charge in [-0.1, -0.05) is 24.2 Å². The molecule has 0 radical (unpaired) electrons. The molecule has 0 spiro atoms. The Labute approximate surface area is 214 Å². The Bertz CT molecular complexity index is 1680. The van der Waals surface area contributed by atoms with Crippen molar-refractivity contribution in [3.8, 4) is 18.1 Å². The Kier molecular flexibility index (Phi) is 6.13. The highest BCUT2D eigenvalue weighted by Crippen LogP contribution is 2.32. The molecule has 0 unspecified atom stereocenters. The molecule has 2 aromatic carbocycles. The maximum atomic E-state index is 13.3. The molecule has 2 aromatic heterocycles. The number of carbonyl (C=O) groups excluding carboxylic acids is 1. The van der Waals surface area contributed by atoms with E-state index in [9.17, 15) is 13.2 Å². The van der Waals surface area contributed by atoms with Crippen LogP contribution >= 0.6 is 0 Å².